The maximum Gasteiger partial charge on any atom is 0.317 e. The predicted octanol–water partition coefficient (Wildman–Crippen LogP) is 3.01. The number of rotatable bonds is 6. The average Bonchev–Trinajstić information content (AvgIpc) is 2.54. The number of hydrogen-bond donors (Lipinski definition) is 1. The lowest BCUT2D eigenvalue weighted by Crippen LogP contribution is -2.51. The van der Waals surface area contributed by atoms with E-state index in [-0.39, 0.29) is 6.03 Å². The van der Waals surface area contributed by atoms with Gasteiger partial charge in [-0.1, -0.05) is 44.0 Å². The van der Waals surface area contributed by atoms with Gasteiger partial charge in [-0.15, -0.1) is 0 Å². The zero-order valence-electron chi connectivity index (χ0n) is 14.0. The summed E-state index contributed by atoms with van der Waals surface area (Å²) in [6, 6.07) is 8.64. The van der Waals surface area contributed by atoms with Crippen molar-refractivity contribution >= 4 is 6.03 Å². The number of aryl methyl sites for hydroxylation is 1. The standard InChI is InChI=1S/C18H29N3O/c1-3-4-7-10-19-18(22)21-13-11-20(12-14-21)15-17-9-6-5-8-16(17)2/h5-6,8-9H,3-4,7,10-15H2,1-2H3,(H,19,22). The molecule has 0 saturated carbocycles. The molecule has 1 aromatic rings. The van der Waals surface area contributed by atoms with Crippen LogP contribution in [0, 0.1) is 6.92 Å². The van der Waals surface area contributed by atoms with Crippen molar-refractivity contribution in [1.82, 2.24) is 15.1 Å². The highest BCUT2D eigenvalue weighted by Gasteiger charge is 2.20. The van der Waals surface area contributed by atoms with Crippen LogP contribution < -0.4 is 5.32 Å². The van der Waals surface area contributed by atoms with Crippen LogP contribution in [0.3, 0.4) is 0 Å². The molecule has 0 unspecified atom stereocenters. The molecule has 122 valence electrons. The number of piperazine rings is 1. The van der Waals surface area contributed by atoms with E-state index in [0.29, 0.717) is 0 Å². The van der Waals surface area contributed by atoms with E-state index in [2.05, 4.69) is 48.3 Å². The van der Waals surface area contributed by atoms with Crippen molar-refractivity contribution < 1.29 is 4.79 Å². The molecule has 0 spiro atoms. The molecule has 4 nitrogen and oxygen atoms in total. The van der Waals surface area contributed by atoms with Gasteiger partial charge >= 0.3 is 6.03 Å². The SMILES string of the molecule is CCCCCNC(=O)N1CCN(Cc2ccccc2C)CC1. The summed E-state index contributed by atoms with van der Waals surface area (Å²) in [6.07, 6.45) is 3.45. The minimum atomic E-state index is 0.103. The fraction of sp³-hybridized carbons (Fsp3) is 0.611. The maximum atomic E-state index is 12.1. The Hall–Kier alpha value is -1.55. The summed E-state index contributed by atoms with van der Waals surface area (Å²) in [5.74, 6) is 0. The molecule has 1 heterocycles. The van der Waals surface area contributed by atoms with Crippen LogP contribution in [0.25, 0.3) is 0 Å². The first kappa shape index (κ1) is 16.8. The van der Waals surface area contributed by atoms with Crippen molar-refractivity contribution in [3.8, 4) is 0 Å². The molecule has 1 saturated heterocycles. The molecule has 22 heavy (non-hydrogen) atoms. The van der Waals surface area contributed by atoms with Crippen LogP contribution >= 0.6 is 0 Å². The molecule has 0 aromatic heterocycles. The third-order valence-corrected chi connectivity index (χ3v) is 4.37. The minimum Gasteiger partial charge on any atom is -0.338 e. The van der Waals surface area contributed by atoms with Gasteiger partial charge < -0.3 is 10.2 Å². The van der Waals surface area contributed by atoms with Crippen molar-refractivity contribution in [2.75, 3.05) is 32.7 Å². The van der Waals surface area contributed by atoms with Crippen LogP contribution in [0.4, 0.5) is 4.79 Å². The Morgan fingerprint density at radius 1 is 1.14 bits per heavy atom. The molecule has 4 heteroatoms. The predicted molar refractivity (Wildman–Crippen MR) is 91.0 cm³/mol. The number of urea groups is 1. The molecule has 1 N–H and O–H groups in total. The van der Waals surface area contributed by atoms with Crippen LogP contribution in [0.15, 0.2) is 24.3 Å². The summed E-state index contributed by atoms with van der Waals surface area (Å²) in [5.41, 5.74) is 2.73. The fourth-order valence-electron chi connectivity index (χ4n) is 2.82. The van der Waals surface area contributed by atoms with Crippen molar-refractivity contribution in [1.29, 1.82) is 0 Å². The van der Waals surface area contributed by atoms with E-state index in [4.69, 9.17) is 0 Å². The van der Waals surface area contributed by atoms with Gasteiger partial charge in [-0.2, -0.15) is 0 Å². The zero-order valence-corrected chi connectivity index (χ0v) is 14.0. The summed E-state index contributed by atoms with van der Waals surface area (Å²) in [5, 5.41) is 3.03. The number of hydrogen-bond acceptors (Lipinski definition) is 2. The largest absolute Gasteiger partial charge is 0.338 e. The summed E-state index contributed by atoms with van der Waals surface area (Å²) in [6.45, 7) is 9.68. The van der Waals surface area contributed by atoms with E-state index in [9.17, 15) is 4.79 Å². The van der Waals surface area contributed by atoms with Gasteiger partial charge in [-0.25, -0.2) is 4.79 Å². The first-order chi connectivity index (χ1) is 10.7. The van der Waals surface area contributed by atoms with E-state index in [0.717, 1.165) is 45.7 Å². The molecular formula is C18H29N3O. The van der Waals surface area contributed by atoms with Crippen LogP contribution in [-0.4, -0.2) is 48.6 Å². The second-order valence-corrected chi connectivity index (χ2v) is 6.13. The third-order valence-electron chi connectivity index (χ3n) is 4.37. The Bertz CT molecular complexity index is 467. The molecule has 0 radical (unpaired) electrons. The molecule has 1 aliphatic rings. The summed E-state index contributed by atoms with van der Waals surface area (Å²) < 4.78 is 0. The van der Waals surface area contributed by atoms with E-state index >= 15 is 0 Å². The van der Waals surface area contributed by atoms with Gasteiger partial charge in [-0.05, 0) is 24.5 Å². The van der Waals surface area contributed by atoms with Crippen molar-refractivity contribution in [2.45, 2.75) is 39.7 Å². The minimum absolute atomic E-state index is 0.103. The van der Waals surface area contributed by atoms with Crippen LogP contribution in [0.2, 0.25) is 0 Å². The number of unbranched alkanes of at least 4 members (excludes halogenated alkanes) is 2. The van der Waals surface area contributed by atoms with E-state index in [1.54, 1.807) is 0 Å². The highest BCUT2D eigenvalue weighted by molar-refractivity contribution is 5.74. The van der Waals surface area contributed by atoms with E-state index < -0.39 is 0 Å². The molecule has 1 aliphatic heterocycles. The Kier molecular flexibility index (Phi) is 6.72. The van der Waals surface area contributed by atoms with Crippen LogP contribution in [0.5, 0.6) is 0 Å². The van der Waals surface area contributed by atoms with Gasteiger partial charge in [0, 0.05) is 39.3 Å². The second kappa shape index (κ2) is 8.79. The lowest BCUT2D eigenvalue weighted by Gasteiger charge is -2.35. The van der Waals surface area contributed by atoms with Crippen molar-refractivity contribution in [3.05, 3.63) is 35.4 Å². The highest BCUT2D eigenvalue weighted by Crippen LogP contribution is 2.12. The normalized spacial score (nSPS) is 15.8. The average molecular weight is 303 g/mol. The molecule has 0 bridgehead atoms. The number of nitrogens with one attached hydrogen (secondary N) is 1. The summed E-state index contributed by atoms with van der Waals surface area (Å²) in [7, 11) is 0. The molecular weight excluding hydrogens is 274 g/mol. The van der Waals surface area contributed by atoms with Gasteiger partial charge in [0.25, 0.3) is 0 Å². The third kappa shape index (κ3) is 5.02. The monoisotopic (exact) mass is 303 g/mol. The second-order valence-electron chi connectivity index (χ2n) is 6.13. The summed E-state index contributed by atoms with van der Waals surface area (Å²) in [4.78, 5) is 16.5. The number of amides is 2. The molecule has 0 atom stereocenters. The smallest absolute Gasteiger partial charge is 0.317 e. The zero-order chi connectivity index (χ0) is 15.8. The number of nitrogens with zero attached hydrogens (tertiary/aromatic N) is 2. The van der Waals surface area contributed by atoms with Crippen LogP contribution in [-0.2, 0) is 6.54 Å². The Balaban J connectivity index is 1.71. The van der Waals surface area contributed by atoms with Gasteiger partial charge in [0.05, 0.1) is 0 Å². The van der Waals surface area contributed by atoms with E-state index in [1.807, 2.05) is 4.90 Å². The van der Waals surface area contributed by atoms with Gasteiger partial charge in [0.1, 0.15) is 0 Å². The number of carbonyl (C=O) groups excluding carboxylic acids is 1. The first-order valence-corrected chi connectivity index (χ1v) is 8.50. The fourth-order valence-corrected chi connectivity index (χ4v) is 2.82. The topological polar surface area (TPSA) is 35.6 Å². The van der Waals surface area contributed by atoms with E-state index in [1.165, 1.54) is 24.0 Å². The van der Waals surface area contributed by atoms with Crippen molar-refractivity contribution in [3.63, 3.8) is 0 Å². The number of benzene rings is 1. The Morgan fingerprint density at radius 3 is 2.55 bits per heavy atom. The molecule has 1 fully saturated rings. The molecule has 2 amide bonds. The van der Waals surface area contributed by atoms with Gasteiger partial charge in [0.15, 0.2) is 0 Å². The molecule has 0 aliphatic carbocycles. The number of carbonyl (C=O) groups is 1. The summed E-state index contributed by atoms with van der Waals surface area (Å²) >= 11 is 0. The van der Waals surface area contributed by atoms with Crippen LogP contribution in [0.1, 0.15) is 37.3 Å². The first-order valence-electron chi connectivity index (χ1n) is 8.50. The Labute approximate surface area is 134 Å². The lowest BCUT2D eigenvalue weighted by atomic mass is 10.1. The molecule has 2 rings (SSSR count). The van der Waals surface area contributed by atoms with Gasteiger partial charge in [-0.3, -0.25) is 4.90 Å². The quantitative estimate of drug-likeness (QED) is 0.820. The van der Waals surface area contributed by atoms with Gasteiger partial charge in [0.2, 0.25) is 0 Å². The molecule has 1 aromatic carbocycles. The lowest BCUT2D eigenvalue weighted by molar-refractivity contribution is 0.135. The van der Waals surface area contributed by atoms with Crippen molar-refractivity contribution in [2.24, 2.45) is 0 Å². The Morgan fingerprint density at radius 2 is 1.86 bits per heavy atom. The highest BCUT2D eigenvalue weighted by atomic mass is 16.2. The maximum absolute atomic E-state index is 12.1.